The molecule has 0 saturated heterocycles. The molecule has 696 valence electrons. The lowest BCUT2D eigenvalue weighted by atomic mass is 9.84. The quantitative estimate of drug-likeness (QED) is 0.107. The van der Waals surface area contributed by atoms with Crippen molar-refractivity contribution in [3.8, 4) is 134 Å². The van der Waals surface area contributed by atoms with Gasteiger partial charge in [-0.25, -0.2) is 0 Å². The van der Waals surface area contributed by atoms with Gasteiger partial charge >= 0.3 is 0 Å². The van der Waals surface area contributed by atoms with Crippen LogP contribution in [0.1, 0.15) is 132 Å². The zero-order valence-corrected chi connectivity index (χ0v) is 75.0. The number of rotatable bonds is 12. The largest absolute Gasteiger partial charge is 0.0636 e. The Labute approximate surface area is 1010 Å². The summed E-state index contributed by atoms with van der Waals surface area (Å²) in [6, 6.07) is -97.2. The minimum absolute atomic E-state index is 0.631. The van der Waals surface area contributed by atoms with Crippen molar-refractivity contribution < 1.29 is 132 Å². The third-order valence-corrected chi connectivity index (χ3v) is 23.9. The summed E-state index contributed by atoms with van der Waals surface area (Å²) in [6.07, 6.45) is 0. The van der Waals surface area contributed by atoms with Crippen molar-refractivity contribution in [2.45, 2.75) is 0 Å². The summed E-state index contributed by atoms with van der Waals surface area (Å²) in [6.45, 7) is 0. The summed E-state index contributed by atoms with van der Waals surface area (Å²) in [5.74, 6) is 0. The highest BCUT2D eigenvalue weighted by Gasteiger charge is 2.25. The monoisotopic (exact) mass is 1990 g/mol. The van der Waals surface area contributed by atoms with Gasteiger partial charge in [0.25, 0.3) is 0 Å². The van der Waals surface area contributed by atoms with E-state index in [0.29, 0.717) is 0 Å². The van der Waals surface area contributed by atoms with Crippen molar-refractivity contribution >= 4 is 162 Å². The lowest BCUT2D eigenvalue weighted by Crippen LogP contribution is -1.92. The Morgan fingerprint density at radius 3 is 0.507 bits per heavy atom. The SMILES string of the molecule is [2H]c1c([2H])c(-c2c3c([2H])c([2H])c([2H])c([2H])c3c(-c3c([2H])c([2H])c4c([2H])c([2H])c([2H])c([2H])c4c3[2H])c3c([2H])c(-c4c([2H])c([2H])c5c([2H])c([2H])c([2H])c([2H])c5c4[2H])c([2H])c([2H])c23)c([2H])c([2H])c1-c1c([2H])c([2H])c([2H])c2c([2H])c([2H])c([2H])c([2H])c12.[2H]c1c([2H])c(-c2c3c([2H])c([2H])c([2H])c([2H])c3c(-c3c([2H])c([2H])c4c([2H])c([2H])c([2H])c([2H])c4c3[2H])c3c([2H])c([2H])c(-c4c([2H])c([2H])c([2H])c5c([2H])c([2H])c([2H])c([2H])c45)c([2H])c23)c([2H])c([2H])c1-c1c([2H])c([2H])c([2H])c2c([2H])c([2H])c([2H])c([2H])c12.[2H]c1c([2H])c(-c2c3c([2H])c([2H])c([2H])c([2H])c3c(-c3c([2H])c([2H])c4c([2H])c([2H])c([2H])c([2H])c4c3[2H])c3c([2H])c([2H])c(-c4c([2H])c([2H])c5c([2H])c([2H])c([2H])c([2H])c5c4[2H])c([2H])c23)c([2H])c([2H])c1-c1c([2H])c([2H])c([2H])c2c([2H])c([2H])c([2H])c([2H])c12. The van der Waals surface area contributed by atoms with Crippen LogP contribution in [0.15, 0.2) is 580 Å². The van der Waals surface area contributed by atoms with Gasteiger partial charge in [-0.15, -0.1) is 0 Å². The normalized spacial score (nSPS) is 20.6. The fourth-order valence-corrected chi connectivity index (χ4v) is 17.2. The molecule has 0 amide bonds. The van der Waals surface area contributed by atoms with Gasteiger partial charge in [0.1, 0.15) is 0 Å². The van der Waals surface area contributed by atoms with Crippen molar-refractivity contribution in [3.63, 3.8) is 0 Å². The highest BCUT2D eigenvalue weighted by Crippen LogP contribution is 2.52. The van der Waals surface area contributed by atoms with Gasteiger partial charge in [-0.05, 0) is 343 Å². The molecule has 0 aliphatic heterocycles. The second kappa shape index (κ2) is 37.6. The molecule has 150 heavy (non-hydrogen) atoms. The second-order valence-corrected chi connectivity index (χ2v) is 32.2. The van der Waals surface area contributed by atoms with Gasteiger partial charge in [0.05, 0.1) is 132 Å². The van der Waals surface area contributed by atoms with Gasteiger partial charge < -0.3 is 0 Å². The minimum atomic E-state index is -1.22. The molecule has 0 heteroatoms. The first-order valence-corrected chi connectivity index (χ1v) is 44.2. The number of hydrogen-bond acceptors (Lipinski definition) is 0. The lowest BCUT2D eigenvalue weighted by Gasteiger charge is -2.19. The Morgan fingerprint density at radius 1 is 0.0800 bits per heavy atom. The van der Waals surface area contributed by atoms with E-state index >= 15 is 0 Å². The fourth-order valence-electron chi connectivity index (χ4n) is 17.2. The molecule has 0 radical (unpaired) electrons. The van der Waals surface area contributed by atoms with Crippen LogP contribution in [0.2, 0.25) is 0 Å². The maximum Gasteiger partial charge on any atom is 0.0636 e. The molecule has 0 spiro atoms. The summed E-state index contributed by atoms with van der Waals surface area (Å²) in [4.78, 5) is 0. The molecule has 0 atom stereocenters. The molecular weight excluding hydrogens is 1800 g/mol. The first-order chi connectivity index (χ1) is 114. The first-order valence-electron chi connectivity index (χ1n) is 92.2. The molecular formula is C150H96. The van der Waals surface area contributed by atoms with Crippen LogP contribution in [-0.2, 0) is 0 Å². The smallest absolute Gasteiger partial charge is 0.0616 e. The maximum absolute atomic E-state index is 10.3. The van der Waals surface area contributed by atoms with Crippen LogP contribution in [0.25, 0.3) is 295 Å². The number of benzene rings is 30. The summed E-state index contributed by atoms with van der Waals surface area (Å²) in [5, 5.41) is -22.9. The van der Waals surface area contributed by atoms with Gasteiger partial charge in [0, 0.05) is 0 Å². The van der Waals surface area contributed by atoms with Crippen molar-refractivity contribution in [2.75, 3.05) is 0 Å². The Hall–Kier alpha value is -19.5. The number of hydrogen-bond donors (Lipinski definition) is 0. The van der Waals surface area contributed by atoms with Crippen molar-refractivity contribution in [3.05, 3.63) is 580 Å². The van der Waals surface area contributed by atoms with Crippen molar-refractivity contribution in [2.24, 2.45) is 0 Å². The Kier molecular flexibility index (Phi) is 8.53. The third kappa shape index (κ3) is 15.9. The zero-order chi connectivity index (χ0) is 183. The van der Waals surface area contributed by atoms with E-state index in [2.05, 4.69) is 0 Å². The fraction of sp³-hybridized carbons (Fsp3) is 0. The summed E-state index contributed by atoms with van der Waals surface area (Å²) >= 11 is 0. The number of fused-ring (bicyclic) bond motifs is 15. The molecule has 0 saturated carbocycles. The summed E-state index contributed by atoms with van der Waals surface area (Å²) < 4.78 is 872. The third-order valence-electron chi connectivity index (χ3n) is 23.9. The average Bonchev–Trinajstić information content (AvgIpc) is 0.679. The molecule has 0 unspecified atom stereocenters. The van der Waals surface area contributed by atoms with Gasteiger partial charge in [-0.2, -0.15) is 0 Å². The van der Waals surface area contributed by atoms with Crippen LogP contribution >= 0.6 is 0 Å². The van der Waals surface area contributed by atoms with E-state index < -0.39 is 875 Å². The molecule has 30 aromatic carbocycles. The Balaban J connectivity index is 0.000000157. The molecule has 30 rings (SSSR count). The van der Waals surface area contributed by atoms with Crippen LogP contribution in [0.3, 0.4) is 0 Å². The predicted molar refractivity (Wildman–Crippen MR) is 647 cm³/mol. The van der Waals surface area contributed by atoms with Gasteiger partial charge in [0.15, 0.2) is 0 Å². The zero-order valence-electron chi connectivity index (χ0n) is 171. The Bertz CT molecular complexity index is 17000. The molecule has 0 aliphatic rings. The molecule has 0 heterocycles. The maximum atomic E-state index is 10.3. The van der Waals surface area contributed by atoms with E-state index in [1.54, 1.807) is 0 Å². The molecule has 0 nitrogen and oxygen atoms in total. The van der Waals surface area contributed by atoms with Crippen molar-refractivity contribution in [1.29, 1.82) is 0 Å². The van der Waals surface area contributed by atoms with Crippen LogP contribution in [0.5, 0.6) is 0 Å². The second-order valence-electron chi connectivity index (χ2n) is 32.2. The average molecular weight is 2000 g/mol. The molecule has 0 bridgehead atoms. The van der Waals surface area contributed by atoms with Crippen molar-refractivity contribution in [1.82, 2.24) is 0 Å². The van der Waals surface area contributed by atoms with E-state index in [0.717, 1.165) is 0 Å². The van der Waals surface area contributed by atoms with E-state index in [-0.39, 0.29) is 0 Å². The topological polar surface area (TPSA) is 0 Å². The van der Waals surface area contributed by atoms with Crippen LogP contribution in [0.4, 0.5) is 0 Å². The van der Waals surface area contributed by atoms with E-state index in [4.69, 9.17) is 75.4 Å². The molecule has 0 N–H and O–H groups in total. The molecule has 0 fully saturated rings. The minimum Gasteiger partial charge on any atom is -0.0616 e. The Morgan fingerprint density at radius 2 is 0.233 bits per heavy atom. The standard InChI is InChI=1S/3C50H32/c1-3-13-38-30-40(26-20-33(38)10-1)41-28-29-47-48(32-41)49(37-24-22-36(23-25-37)44-19-9-15-35-12-5-6-16-43(35)44)45-17-7-8-18-46(45)50(47)42-27-21-34-11-2-4-14-39(34)31-42;1-3-13-38-30-40(26-20-33(38)10-1)41-28-29-47-48(32-41)50(42-27-21-34-11-2-4-14-39(34)31-42)46-18-8-7-17-45(46)49(47)37-24-22-36(23-25-37)44-19-9-15-35-12-5-6-16-43(35)44;1-2-14-38-31-40(28-23-33(38)11-1)50-46-20-8-7-19-45(46)49(37-26-24-36(25-27-37)43-21-9-15-34-12-3-5-17-41(34)43)48-32-39(29-30-47(48)50)44-22-10-16-35-13-4-6-18-42(35)44/h3*1-32H/i3*1D,2D,3D,4D,5D,6D,7D,8D,9D,10D,11D,12D,13D,14D,15D,16D,17D,18D,19D,20D,21D,22D,23D,24D,25D,26D,27D,28D,29D,30D,31D,32D. The van der Waals surface area contributed by atoms with Gasteiger partial charge in [-0.1, -0.05) is 532 Å². The lowest BCUT2D eigenvalue weighted by molar-refractivity contribution is 1.63. The molecule has 0 aromatic heterocycles. The van der Waals surface area contributed by atoms with Crippen LogP contribution in [0, 0.1) is 0 Å². The summed E-state index contributed by atoms with van der Waals surface area (Å²) in [7, 11) is 0. The van der Waals surface area contributed by atoms with Crippen LogP contribution < -0.4 is 0 Å². The molecule has 30 aromatic rings. The predicted octanol–water partition coefficient (Wildman–Crippen LogP) is 42.4. The first kappa shape index (κ1) is 34.1. The van der Waals surface area contributed by atoms with Gasteiger partial charge in [-0.3, -0.25) is 0 Å². The van der Waals surface area contributed by atoms with Gasteiger partial charge in [0.2, 0.25) is 0 Å². The van der Waals surface area contributed by atoms with E-state index in [9.17, 15) is 56.2 Å². The highest BCUT2D eigenvalue weighted by molar-refractivity contribution is 6.27. The van der Waals surface area contributed by atoms with Crippen LogP contribution in [-0.4, -0.2) is 0 Å². The summed E-state index contributed by atoms with van der Waals surface area (Å²) in [5.41, 5.74) is -21.7. The molecule has 0 aliphatic carbocycles. The van der Waals surface area contributed by atoms with E-state index in [1.807, 2.05) is 0 Å². The van der Waals surface area contributed by atoms with E-state index in [1.165, 1.54) is 0 Å². The highest BCUT2D eigenvalue weighted by atomic mass is 14.3.